The Morgan fingerprint density at radius 2 is 2.00 bits per heavy atom. The zero-order valence-corrected chi connectivity index (χ0v) is 13.0. The summed E-state index contributed by atoms with van der Waals surface area (Å²) in [7, 11) is 1.33. The largest absolute Gasteiger partial charge is 0.435 e. The first-order valence-electron chi connectivity index (χ1n) is 7.40. The van der Waals surface area contributed by atoms with Crippen molar-refractivity contribution in [2.45, 2.75) is 25.1 Å². The second-order valence-electron chi connectivity index (χ2n) is 5.37. The van der Waals surface area contributed by atoms with E-state index in [1.807, 2.05) is 0 Å². The van der Waals surface area contributed by atoms with Crippen LogP contribution >= 0.6 is 0 Å². The molecule has 0 saturated carbocycles. The Balaban J connectivity index is 2.25. The predicted molar refractivity (Wildman–Crippen MR) is 81.2 cm³/mol. The Labute approximate surface area is 137 Å². The number of benzene rings is 1. The summed E-state index contributed by atoms with van der Waals surface area (Å²) in [6.07, 6.45) is -2.83. The highest BCUT2D eigenvalue weighted by molar-refractivity contribution is 5.95. The van der Waals surface area contributed by atoms with Crippen LogP contribution in [0.1, 0.15) is 40.5 Å². The maximum atomic E-state index is 13.0. The molecule has 0 aliphatic carbocycles. The van der Waals surface area contributed by atoms with Crippen LogP contribution in [0.5, 0.6) is 0 Å². The van der Waals surface area contributed by atoms with Crippen LogP contribution < -0.4 is 5.32 Å². The lowest BCUT2D eigenvalue weighted by Crippen LogP contribution is -2.30. The van der Waals surface area contributed by atoms with E-state index in [-0.39, 0.29) is 6.61 Å². The van der Waals surface area contributed by atoms with E-state index in [9.17, 15) is 18.0 Å². The van der Waals surface area contributed by atoms with Crippen LogP contribution in [0.4, 0.5) is 13.2 Å². The lowest BCUT2D eigenvalue weighted by atomic mass is 10.0. The van der Waals surface area contributed by atoms with Crippen LogP contribution in [0.2, 0.25) is 0 Å². The molecule has 0 radical (unpaired) electrons. The molecule has 0 saturated heterocycles. The van der Waals surface area contributed by atoms with Gasteiger partial charge in [0.25, 0.3) is 5.91 Å². The Morgan fingerprint density at radius 1 is 1.33 bits per heavy atom. The molecule has 0 spiro atoms. The van der Waals surface area contributed by atoms with Crippen molar-refractivity contribution in [1.29, 1.82) is 0 Å². The number of rotatable bonds is 6. The van der Waals surface area contributed by atoms with E-state index in [4.69, 9.17) is 5.11 Å². The molecule has 0 fully saturated rings. The van der Waals surface area contributed by atoms with Gasteiger partial charge in [0, 0.05) is 19.9 Å². The monoisotopic (exact) mass is 341 g/mol. The van der Waals surface area contributed by atoms with E-state index < -0.39 is 29.4 Å². The molecule has 0 bridgehead atoms. The SMILES string of the molecule is Cn1cc(C(=O)NC(CCCO)c2ccccc2)c(C(F)(F)F)n1. The van der Waals surface area contributed by atoms with E-state index in [0.717, 1.165) is 16.4 Å². The molecule has 1 unspecified atom stereocenters. The molecular formula is C16H18F3N3O2. The fourth-order valence-corrected chi connectivity index (χ4v) is 2.40. The molecule has 2 aromatic rings. The summed E-state index contributed by atoms with van der Waals surface area (Å²) in [4.78, 5) is 12.3. The molecule has 1 heterocycles. The van der Waals surface area contributed by atoms with Crippen molar-refractivity contribution < 1.29 is 23.1 Å². The third-order valence-electron chi connectivity index (χ3n) is 3.50. The number of aliphatic hydroxyl groups excluding tert-OH is 1. The molecule has 0 aliphatic heterocycles. The third-order valence-corrected chi connectivity index (χ3v) is 3.50. The van der Waals surface area contributed by atoms with Crippen LogP contribution in [0.25, 0.3) is 0 Å². The minimum Gasteiger partial charge on any atom is -0.396 e. The van der Waals surface area contributed by atoms with Gasteiger partial charge in [0.05, 0.1) is 11.6 Å². The molecule has 1 amide bonds. The summed E-state index contributed by atoms with van der Waals surface area (Å²) < 4.78 is 39.9. The number of aromatic nitrogens is 2. The number of amides is 1. The van der Waals surface area contributed by atoms with Crippen LogP contribution in [-0.2, 0) is 13.2 Å². The molecule has 0 aliphatic rings. The average molecular weight is 341 g/mol. The number of aryl methyl sites for hydroxylation is 1. The van der Waals surface area contributed by atoms with Gasteiger partial charge in [-0.15, -0.1) is 0 Å². The van der Waals surface area contributed by atoms with Crippen LogP contribution in [0.3, 0.4) is 0 Å². The van der Waals surface area contributed by atoms with Crippen molar-refractivity contribution in [2.24, 2.45) is 7.05 Å². The van der Waals surface area contributed by atoms with E-state index in [1.54, 1.807) is 30.3 Å². The van der Waals surface area contributed by atoms with Gasteiger partial charge >= 0.3 is 6.18 Å². The van der Waals surface area contributed by atoms with Crippen molar-refractivity contribution in [3.8, 4) is 0 Å². The van der Waals surface area contributed by atoms with Crippen molar-refractivity contribution in [3.05, 3.63) is 53.3 Å². The number of nitrogens with one attached hydrogen (secondary N) is 1. The number of alkyl halides is 3. The first-order chi connectivity index (χ1) is 11.3. The minimum absolute atomic E-state index is 0.0695. The molecule has 2 N–H and O–H groups in total. The fraction of sp³-hybridized carbons (Fsp3) is 0.375. The molecule has 1 atom stereocenters. The zero-order chi connectivity index (χ0) is 17.7. The van der Waals surface area contributed by atoms with Crippen molar-refractivity contribution in [3.63, 3.8) is 0 Å². The molecule has 1 aromatic heterocycles. The van der Waals surface area contributed by atoms with E-state index >= 15 is 0 Å². The molecule has 2 rings (SSSR count). The van der Waals surface area contributed by atoms with E-state index in [1.165, 1.54) is 7.05 Å². The number of aliphatic hydroxyl groups is 1. The Bertz CT molecular complexity index is 684. The number of carbonyl (C=O) groups excluding carboxylic acids is 1. The highest BCUT2D eigenvalue weighted by Crippen LogP contribution is 2.31. The van der Waals surface area contributed by atoms with Gasteiger partial charge in [0.15, 0.2) is 5.69 Å². The molecule has 5 nitrogen and oxygen atoms in total. The van der Waals surface area contributed by atoms with Gasteiger partial charge in [-0.1, -0.05) is 30.3 Å². The van der Waals surface area contributed by atoms with Gasteiger partial charge in [-0.3, -0.25) is 9.48 Å². The normalized spacial score (nSPS) is 12.9. The summed E-state index contributed by atoms with van der Waals surface area (Å²) in [6, 6.07) is 8.41. The first-order valence-corrected chi connectivity index (χ1v) is 7.40. The smallest absolute Gasteiger partial charge is 0.396 e. The van der Waals surface area contributed by atoms with Gasteiger partial charge < -0.3 is 10.4 Å². The molecule has 24 heavy (non-hydrogen) atoms. The molecule has 8 heteroatoms. The van der Waals surface area contributed by atoms with Crippen LogP contribution in [0, 0.1) is 0 Å². The second-order valence-corrected chi connectivity index (χ2v) is 5.37. The average Bonchev–Trinajstić information content (AvgIpc) is 2.94. The lowest BCUT2D eigenvalue weighted by molar-refractivity contribution is -0.141. The highest BCUT2D eigenvalue weighted by atomic mass is 19.4. The van der Waals surface area contributed by atoms with Crippen molar-refractivity contribution >= 4 is 5.91 Å². The van der Waals surface area contributed by atoms with Crippen molar-refractivity contribution in [2.75, 3.05) is 6.61 Å². The maximum Gasteiger partial charge on any atom is 0.435 e. The zero-order valence-electron chi connectivity index (χ0n) is 13.0. The standard InChI is InChI=1S/C16H18F3N3O2/c1-22-10-12(14(21-22)16(17,18)19)15(24)20-13(8-5-9-23)11-6-3-2-4-7-11/h2-4,6-7,10,13,23H,5,8-9H2,1H3,(H,20,24). The quantitative estimate of drug-likeness (QED) is 0.849. The van der Waals surface area contributed by atoms with Gasteiger partial charge in [0.2, 0.25) is 0 Å². The summed E-state index contributed by atoms with van der Waals surface area (Å²) >= 11 is 0. The second kappa shape index (κ2) is 7.48. The molecule has 1 aromatic carbocycles. The summed E-state index contributed by atoms with van der Waals surface area (Å²) in [5.41, 5.74) is -0.969. The summed E-state index contributed by atoms with van der Waals surface area (Å²) in [5, 5.41) is 14.9. The minimum atomic E-state index is -4.71. The number of hydrogen-bond donors (Lipinski definition) is 2. The Hall–Kier alpha value is -2.35. The fourth-order valence-electron chi connectivity index (χ4n) is 2.40. The van der Waals surface area contributed by atoms with Gasteiger partial charge in [0.1, 0.15) is 0 Å². The van der Waals surface area contributed by atoms with Crippen LogP contribution in [-0.4, -0.2) is 27.4 Å². The van der Waals surface area contributed by atoms with E-state index in [0.29, 0.717) is 12.8 Å². The van der Waals surface area contributed by atoms with Crippen molar-refractivity contribution in [1.82, 2.24) is 15.1 Å². The topological polar surface area (TPSA) is 67.2 Å². The molecule has 130 valence electrons. The van der Waals surface area contributed by atoms with Gasteiger partial charge in [-0.05, 0) is 18.4 Å². The predicted octanol–water partition coefficient (Wildman–Crippen LogP) is 2.68. The third kappa shape index (κ3) is 4.35. The first kappa shape index (κ1) is 18.0. The Kier molecular flexibility index (Phi) is 5.61. The van der Waals surface area contributed by atoms with Gasteiger partial charge in [-0.25, -0.2) is 0 Å². The summed E-state index contributed by atoms with van der Waals surface area (Å²) in [6.45, 7) is -0.0695. The highest BCUT2D eigenvalue weighted by Gasteiger charge is 2.39. The number of nitrogens with zero attached hydrogens (tertiary/aromatic N) is 2. The maximum absolute atomic E-state index is 13.0. The van der Waals surface area contributed by atoms with Crippen LogP contribution in [0.15, 0.2) is 36.5 Å². The number of carbonyl (C=O) groups is 1. The molecular weight excluding hydrogens is 323 g/mol. The summed E-state index contributed by atoms with van der Waals surface area (Å²) in [5.74, 6) is -0.845. The number of halogens is 3. The van der Waals surface area contributed by atoms with E-state index in [2.05, 4.69) is 10.4 Å². The Morgan fingerprint density at radius 3 is 2.58 bits per heavy atom. The van der Waals surface area contributed by atoms with Gasteiger partial charge in [-0.2, -0.15) is 18.3 Å². The lowest BCUT2D eigenvalue weighted by Gasteiger charge is -2.19. The number of hydrogen-bond acceptors (Lipinski definition) is 3.